The van der Waals surface area contributed by atoms with Gasteiger partial charge in [-0.2, -0.15) is 4.98 Å². The molecule has 0 bridgehead atoms. The van der Waals surface area contributed by atoms with Crippen molar-refractivity contribution in [1.29, 1.82) is 0 Å². The van der Waals surface area contributed by atoms with E-state index < -0.39 is 12.3 Å². The molecule has 2 aromatic rings. The Bertz CT molecular complexity index is 916. The van der Waals surface area contributed by atoms with Crippen molar-refractivity contribution in [3.63, 3.8) is 0 Å². The number of benzene rings is 1. The smallest absolute Gasteiger partial charge is 0.357 e. The zero-order valence-electron chi connectivity index (χ0n) is 16.8. The summed E-state index contributed by atoms with van der Waals surface area (Å²) in [4.78, 5) is 20.7. The summed E-state index contributed by atoms with van der Waals surface area (Å²) in [5, 5.41) is -0.134. The minimum atomic E-state index is -0.843. The normalized spacial score (nSPS) is 14.5. The van der Waals surface area contributed by atoms with Crippen molar-refractivity contribution in [2.75, 3.05) is 19.8 Å². The number of esters is 1. The molecule has 0 amide bonds. The molecule has 0 atom stereocenters. The van der Waals surface area contributed by atoms with Crippen molar-refractivity contribution in [3.8, 4) is 11.6 Å². The van der Waals surface area contributed by atoms with Gasteiger partial charge in [0.1, 0.15) is 11.3 Å². The predicted molar refractivity (Wildman–Crippen MR) is 108 cm³/mol. The van der Waals surface area contributed by atoms with E-state index in [2.05, 4.69) is 9.97 Å². The second-order valence-electron chi connectivity index (χ2n) is 6.44. The average molecular weight is 419 g/mol. The number of aryl methyl sites for hydroxylation is 2. The third kappa shape index (κ3) is 4.75. The zero-order chi connectivity index (χ0) is 21.0. The van der Waals surface area contributed by atoms with E-state index in [0.29, 0.717) is 19.0 Å². The minimum Gasteiger partial charge on any atom is -0.461 e. The molecule has 7 nitrogen and oxygen atoms in total. The number of halogens is 1. The van der Waals surface area contributed by atoms with Crippen molar-refractivity contribution in [1.82, 2.24) is 9.97 Å². The van der Waals surface area contributed by atoms with Crippen molar-refractivity contribution < 1.29 is 23.7 Å². The summed E-state index contributed by atoms with van der Waals surface area (Å²) in [6.07, 6.45) is 3.14. The number of aromatic nitrogens is 2. The summed E-state index contributed by atoms with van der Waals surface area (Å²) < 4.78 is 22.4. The molecule has 0 aliphatic carbocycles. The van der Waals surface area contributed by atoms with Crippen LogP contribution < -0.4 is 4.74 Å². The Labute approximate surface area is 174 Å². The molecule has 1 aliphatic rings. The highest BCUT2D eigenvalue weighted by molar-refractivity contribution is 6.28. The van der Waals surface area contributed by atoms with Crippen LogP contribution in [0.25, 0.3) is 6.08 Å². The summed E-state index contributed by atoms with van der Waals surface area (Å²) in [7, 11) is 0. The highest BCUT2D eigenvalue weighted by Gasteiger charge is 2.32. The van der Waals surface area contributed by atoms with Crippen LogP contribution in [0.4, 0.5) is 0 Å². The number of carbonyl (C=O) groups is 1. The average Bonchev–Trinajstić information content (AvgIpc) is 3.19. The molecule has 2 heterocycles. The molecule has 1 aliphatic heterocycles. The molecular weight excluding hydrogens is 396 g/mol. The van der Waals surface area contributed by atoms with Crippen molar-refractivity contribution in [2.24, 2.45) is 0 Å². The van der Waals surface area contributed by atoms with Crippen molar-refractivity contribution in [2.45, 2.75) is 34.0 Å². The van der Waals surface area contributed by atoms with E-state index in [1.165, 1.54) is 0 Å². The number of hydrogen-bond donors (Lipinski definition) is 0. The Morgan fingerprint density at radius 2 is 1.90 bits per heavy atom. The maximum absolute atomic E-state index is 12.5. The number of carbonyl (C=O) groups excluding carboxylic acids is 1. The first-order valence-corrected chi connectivity index (χ1v) is 9.72. The SMILES string of the molecule is C/C=C/c1cc(C)c(Oc2nc(Cl)nc(C(=O)OCC)c2C2OCCO2)c(C)c1. The van der Waals surface area contributed by atoms with Crippen LogP contribution in [-0.4, -0.2) is 35.8 Å². The number of allylic oxidation sites excluding steroid dienone is 1. The van der Waals surface area contributed by atoms with Gasteiger partial charge in [0.05, 0.1) is 19.8 Å². The van der Waals surface area contributed by atoms with Gasteiger partial charge in [-0.15, -0.1) is 0 Å². The summed E-state index contributed by atoms with van der Waals surface area (Å²) >= 11 is 6.08. The Morgan fingerprint density at radius 1 is 1.24 bits per heavy atom. The molecule has 0 N–H and O–H groups in total. The summed E-state index contributed by atoms with van der Waals surface area (Å²) in [5.74, 6) is 0.0691. The maximum atomic E-state index is 12.5. The highest BCUT2D eigenvalue weighted by atomic mass is 35.5. The van der Waals surface area contributed by atoms with E-state index in [-0.39, 0.29) is 29.0 Å². The summed E-state index contributed by atoms with van der Waals surface area (Å²) in [6.45, 7) is 8.49. The Hall–Kier alpha value is -2.48. The van der Waals surface area contributed by atoms with Crippen LogP contribution in [0.2, 0.25) is 5.28 Å². The lowest BCUT2D eigenvalue weighted by atomic mass is 10.1. The molecule has 1 saturated heterocycles. The number of hydrogen-bond acceptors (Lipinski definition) is 7. The lowest BCUT2D eigenvalue weighted by Gasteiger charge is -2.19. The molecule has 29 heavy (non-hydrogen) atoms. The summed E-state index contributed by atoms with van der Waals surface area (Å²) in [5.41, 5.74) is 3.11. The molecule has 0 unspecified atom stereocenters. The Morgan fingerprint density at radius 3 is 2.48 bits per heavy atom. The zero-order valence-corrected chi connectivity index (χ0v) is 17.6. The fourth-order valence-corrected chi connectivity index (χ4v) is 3.28. The monoisotopic (exact) mass is 418 g/mol. The third-order valence-corrected chi connectivity index (χ3v) is 4.42. The second kappa shape index (κ2) is 9.35. The van der Waals surface area contributed by atoms with Gasteiger partial charge in [0.15, 0.2) is 12.0 Å². The van der Waals surface area contributed by atoms with Gasteiger partial charge in [0, 0.05) is 0 Å². The van der Waals surface area contributed by atoms with Crippen LogP contribution in [0.15, 0.2) is 18.2 Å². The van der Waals surface area contributed by atoms with Crippen LogP contribution in [0.5, 0.6) is 11.6 Å². The van der Waals surface area contributed by atoms with Gasteiger partial charge in [0.25, 0.3) is 0 Å². The Balaban J connectivity index is 2.10. The lowest BCUT2D eigenvalue weighted by molar-refractivity contribution is -0.0468. The molecule has 1 aromatic carbocycles. The van der Waals surface area contributed by atoms with Crippen LogP contribution in [0.1, 0.15) is 52.9 Å². The van der Waals surface area contributed by atoms with Crippen LogP contribution in [-0.2, 0) is 14.2 Å². The quantitative estimate of drug-likeness (QED) is 0.492. The van der Waals surface area contributed by atoms with Gasteiger partial charge in [-0.3, -0.25) is 0 Å². The van der Waals surface area contributed by atoms with Gasteiger partial charge >= 0.3 is 5.97 Å². The minimum absolute atomic E-state index is 0.0328. The van der Waals surface area contributed by atoms with Gasteiger partial charge in [-0.25, -0.2) is 9.78 Å². The van der Waals surface area contributed by atoms with Crippen LogP contribution >= 0.6 is 11.6 Å². The largest absolute Gasteiger partial charge is 0.461 e. The van der Waals surface area contributed by atoms with Crippen molar-refractivity contribution in [3.05, 3.63) is 51.4 Å². The molecule has 0 radical (unpaired) electrons. The number of ether oxygens (including phenoxy) is 4. The van der Waals surface area contributed by atoms with E-state index in [0.717, 1.165) is 16.7 Å². The maximum Gasteiger partial charge on any atom is 0.357 e. The van der Waals surface area contributed by atoms with Gasteiger partial charge < -0.3 is 18.9 Å². The predicted octanol–water partition coefficient (Wildman–Crippen LogP) is 4.79. The van der Waals surface area contributed by atoms with Crippen molar-refractivity contribution >= 4 is 23.6 Å². The standard InChI is InChI=1S/C21H23ClN2O5/c1-5-7-14-10-12(3)17(13(4)11-14)29-18-15(20-27-8-9-28-20)16(19(25)26-6-2)23-21(22)24-18/h5,7,10-11,20H,6,8-9H2,1-4H3/b7-5+. The fraction of sp³-hybridized carbons (Fsp3) is 0.381. The molecule has 3 rings (SSSR count). The molecule has 1 aromatic heterocycles. The van der Waals surface area contributed by atoms with Gasteiger partial charge in [0.2, 0.25) is 11.2 Å². The molecule has 1 fully saturated rings. The molecule has 154 valence electrons. The fourth-order valence-electron chi connectivity index (χ4n) is 3.12. The van der Waals surface area contributed by atoms with Gasteiger partial charge in [-0.1, -0.05) is 12.2 Å². The first-order chi connectivity index (χ1) is 13.9. The van der Waals surface area contributed by atoms with E-state index in [4.69, 9.17) is 30.5 Å². The van der Waals surface area contributed by atoms with Crippen LogP contribution in [0, 0.1) is 13.8 Å². The third-order valence-electron chi connectivity index (χ3n) is 4.25. The first kappa shape index (κ1) is 21.2. The highest BCUT2D eigenvalue weighted by Crippen LogP contribution is 2.38. The van der Waals surface area contributed by atoms with Gasteiger partial charge in [-0.05, 0) is 68.1 Å². The van der Waals surface area contributed by atoms with E-state index in [9.17, 15) is 4.79 Å². The Kier molecular flexibility index (Phi) is 6.84. The van der Waals surface area contributed by atoms with E-state index in [1.54, 1.807) is 6.92 Å². The van der Waals surface area contributed by atoms with E-state index >= 15 is 0 Å². The number of nitrogens with zero attached hydrogens (tertiary/aromatic N) is 2. The summed E-state index contributed by atoms with van der Waals surface area (Å²) in [6, 6.07) is 4.00. The molecule has 0 saturated carbocycles. The number of rotatable bonds is 6. The molecule has 8 heteroatoms. The second-order valence-corrected chi connectivity index (χ2v) is 6.78. The lowest BCUT2D eigenvalue weighted by Crippen LogP contribution is -2.16. The molecule has 0 spiro atoms. The molecular formula is C21H23ClN2O5. The first-order valence-electron chi connectivity index (χ1n) is 9.34. The van der Waals surface area contributed by atoms with Crippen LogP contribution in [0.3, 0.4) is 0 Å². The topological polar surface area (TPSA) is 79.8 Å². The van der Waals surface area contributed by atoms with E-state index in [1.807, 2.05) is 45.1 Å².